The molecule has 1 aromatic carbocycles. The van der Waals surface area contributed by atoms with Crippen molar-refractivity contribution in [1.29, 1.82) is 0 Å². The number of aromatic nitrogens is 1. The van der Waals surface area contributed by atoms with Crippen LogP contribution in [-0.4, -0.2) is 10.7 Å². The summed E-state index contributed by atoms with van der Waals surface area (Å²) in [6.07, 6.45) is 0. The maximum Gasteiger partial charge on any atom is 0.159 e. The van der Waals surface area contributed by atoms with Crippen LogP contribution < -0.4 is 0 Å². The van der Waals surface area contributed by atoms with Crippen LogP contribution in [0.2, 0.25) is 0 Å². The molecule has 15 heavy (non-hydrogen) atoms. The largest absolute Gasteiger partial charge is 0.229 e. The number of thiazole rings is 1. The monoisotopic (exact) mass is 299 g/mol. The first-order chi connectivity index (χ1) is 7.29. The van der Waals surface area contributed by atoms with Gasteiger partial charge in [-0.3, -0.25) is 0 Å². The molecule has 1 heterocycles. The maximum atomic E-state index is 4.38. The second kappa shape index (κ2) is 5.14. The van der Waals surface area contributed by atoms with E-state index in [0.717, 1.165) is 15.4 Å². The van der Waals surface area contributed by atoms with Gasteiger partial charge in [-0.15, -0.1) is 23.1 Å². The maximum absolute atomic E-state index is 4.38. The summed E-state index contributed by atoms with van der Waals surface area (Å²) < 4.78 is 0.935. The minimum Gasteiger partial charge on any atom is -0.229 e. The molecule has 0 amide bonds. The van der Waals surface area contributed by atoms with E-state index in [0.29, 0.717) is 0 Å². The van der Waals surface area contributed by atoms with Gasteiger partial charge in [0.1, 0.15) is 0 Å². The summed E-state index contributed by atoms with van der Waals surface area (Å²) in [4.78, 5) is 5.70. The Hall–Kier alpha value is -0.320. The van der Waals surface area contributed by atoms with Gasteiger partial charge in [0.15, 0.2) is 3.92 Å². The fourth-order valence-electron chi connectivity index (χ4n) is 1.27. The molecular weight excluding hydrogens is 290 g/mol. The van der Waals surface area contributed by atoms with E-state index < -0.39 is 0 Å². The number of hydrogen-bond donors (Lipinski definition) is 0. The highest BCUT2D eigenvalue weighted by molar-refractivity contribution is 9.11. The molecule has 0 unspecified atom stereocenters. The topological polar surface area (TPSA) is 12.9 Å². The van der Waals surface area contributed by atoms with E-state index in [1.807, 2.05) is 11.8 Å². The van der Waals surface area contributed by atoms with Crippen molar-refractivity contribution in [3.63, 3.8) is 0 Å². The zero-order valence-corrected chi connectivity index (χ0v) is 11.5. The van der Waals surface area contributed by atoms with Crippen molar-refractivity contribution >= 4 is 39.0 Å². The van der Waals surface area contributed by atoms with E-state index in [1.165, 1.54) is 10.5 Å². The van der Waals surface area contributed by atoms with Crippen molar-refractivity contribution in [2.24, 2.45) is 0 Å². The van der Waals surface area contributed by atoms with Crippen molar-refractivity contribution in [3.8, 4) is 11.3 Å². The highest BCUT2D eigenvalue weighted by atomic mass is 79.9. The summed E-state index contributed by atoms with van der Waals surface area (Å²) in [6, 6.07) is 8.55. The van der Waals surface area contributed by atoms with Crippen LogP contribution in [0.25, 0.3) is 11.3 Å². The van der Waals surface area contributed by atoms with Crippen molar-refractivity contribution in [1.82, 2.24) is 4.98 Å². The Morgan fingerprint density at radius 1 is 1.33 bits per heavy atom. The third-order valence-corrected chi connectivity index (χ3v) is 4.20. The Labute approximate surface area is 106 Å². The Bertz CT molecular complexity index is 436. The third-order valence-electron chi connectivity index (χ3n) is 1.94. The molecule has 0 aliphatic heterocycles. The molecule has 0 spiro atoms. The van der Waals surface area contributed by atoms with Gasteiger partial charge >= 0.3 is 0 Å². The lowest BCUT2D eigenvalue weighted by Crippen LogP contribution is -1.78. The number of halogens is 1. The third kappa shape index (κ3) is 2.83. The summed E-state index contributed by atoms with van der Waals surface area (Å²) >= 11 is 6.84. The normalized spacial score (nSPS) is 10.5. The first-order valence-corrected chi connectivity index (χ1v) is 7.29. The predicted molar refractivity (Wildman–Crippen MR) is 71.6 cm³/mol. The molecular formula is C11H10BrNS2. The summed E-state index contributed by atoms with van der Waals surface area (Å²) in [5.41, 5.74) is 2.22. The molecule has 2 rings (SSSR count). The first-order valence-electron chi connectivity index (χ1n) is 4.64. The molecule has 0 bridgehead atoms. The van der Waals surface area contributed by atoms with Gasteiger partial charge in [0.25, 0.3) is 0 Å². The molecule has 0 atom stereocenters. The molecule has 0 radical (unpaired) electrons. The smallest absolute Gasteiger partial charge is 0.159 e. The average Bonchev–Trinajstić information content (AvgIpc) is 2.67. The van der Waals surface area contributed by atoms with Crippen LogP contribution in [0, 0.1) is 0 Å². The van der Waals surface area contributed by atoms with Gasteiger partial charge in [-0.25, -0.2) is 4.98 Å². The molecule has 1 aromatic heterocycles. The Morgan fingerprint density at radius 2 is 2.07 bits per heavy atom. The van der Waals surface area contributed by atoms with Crippen LogP contribution in [0.15, 0.2) is 38.5 Å². The highest BCUT2D eigenvalue weighted by Gasteiger charge is 2.02. The Morgan fingerprint density at radius 3 is 2.60 bits per heavy atom. The lowest BCUT2D eigenvalue weighted by atomic mass is 10.2. The molecule has 0 aliphatic rings. The van der Waals surface area contributed by atoms with Gasteiger partial charge in [-0.2, -0.15) is 0 Å². The van der Waals surface area contributed by atoms with E-state index >= 15 is 0 Å². The van der Waals surface area contributed by atoms with Crippen LogP contribution in [0.5, 0.6) is 0 Å². The summed E-state index contributed by atoms with van der Waals surface area (Å²) in [5.74, 6) is 1.11. The van der Waals surface area contributed by atoms with Crippen LogP contribution in [-0.2, 0) is 0 Å². The van der Waals surface area contributed by atoms with Gasteiger partial charge in [0, 0.05) is 15.8 Å². The van der Waals surface area contributed by atoms with Gasteiger partial charge in [-0.05, 0) is 33.8 Å². The molecule has 0 aliphatic carbocycles. The molecule has 78 valence electrons. The number of hydrogen-bond acceptors (Lipinski definition) is 3. The fourth-order valence-corrected chi connectivity index (χ4v) is 2.96. The van der Waals surface area contributed by atoms with E-state index in [4.69, 9.17) is 0 Å². The van der Waals surface area contributed by atoms with Gasteiger partial charge < -0.3 is 0 Å². The van der Waals surface area contributed by atoms with E-state index in [9.17, 15) is 0 Å². The van der Waals surface area contributed by atoms with Crippen LogP contribution in [0.1, 0.15) is 6.92 Å². The van der Waals surface area contributed by atoms with Gasteiger partial charge in [0.2, 0.25) is 0 Å². The predicted octanol–water partition coefficient (Wildman–Crippen LogP) is 4.68. The quantitative estimate of drug-likeness (QED) is 0.763. The number of rotatable bonds is 3. The van der Waals surface area contributed by atoms with Gasteiger partial charge in [0.05, 0.1) is 5.69 Å². The summed E-state index contributed by atoms with van der Waals surface area (Å²) in [5, 5.41) is 2.06. The lowest BCUT2D eigenvalue weighted by Gasteiger charge is -1.99. The molecule has 0 fully saturated rings. The second-order valence-corrected chi connectivity index (χ2v) is 6.41. The van der Waals surface area contributed by atoms with Crippen LogP contribution >= 0.6 is 39.0 Å². The molecule has 0 saturated carbocycles. The van der Waals surface area contributed by atoms with Crippen molar-refractivity contribution in [3.05, 3.63) is 33.6 Å². The molecule has 4 heteroatoms. The summed E-state index contributed by atoms with van der Waals surface area (Å²) in [6.45, 7) is 2.16. The molecule has 2 aromatic rings. The van der Waals surface area contributed by atoms with Gasteiger partial charge in [-0.1, -0.05) is 19.1 Å². The van der Waals surface area contributed by atoms with E-state index in [1.54, 1.807) is 11.3 Å². The molecule has 0 N–H and O–H groups in total. The minimum atomic E-state index is 0.935. The first kappa shape index (κ1) is 11.2. The van der Waals surface area contributed by atoms with Crippen molar-refractivity contribution < 1.29 is 0 Å². The average molecular weight is 300 g/mol. The zero-order valence-electron chi connectivity index (χ0n) is 8.24. The standard InChI is InChI=1S/C11H10BrNS2/c1-2-14-9-5-3-8(4-6-9)10-7-15-11(12)13-10/h3-7H,2H2,1H3. The number of nitrogens with zero attached hydrogens (tertiary/aromatic N) is 1. The molecule has 0 saturated heterocycles. The number of thioether (sulfide) groups is 1. The second-order valence-electron chi connectivity index (χ2n) is 2.94. The van der Waals surface area contributed by atoms with Crippen molar-refractivity contribution in [2.45, 2.75) is 11.8 Å². The SMILES string of the molecule is CCSc1ccc(-c2csc(Br)n2)cc1. The fraction of sp³-hybridized carbons (Fsp3) is 0.182. The molecule has 1 nitrogen and oxygen atoms in total. The minimum absolute atomic E-state index is 0.935. The lowest BCUT2D eigenvalue weighted by molar-refractivity contribution is 1.35. The number of benzene rings is 1. The van der Waals surface area contributed by atoms with E-state index in [-0.39, 0.29) is 0 Å². The van der Waals surface area contributed by atoms with Crippen molar-refractivity contribution in [2.75, 3.05) is 5.75 Å². The van der Waals surface area contributed by atoms with Crippen LogP contribution in [0.4, 0.5) is 0 Å². The summed E-state index contributed by atoms with van der Waals surface area (Å²) in [7, 11) is 0. The highest BCUT2D eigenvalue weighted by Crippen LogP contribution is 2.27. The zero-order chi connectivity index (χ0) is 10.7. The Kier molecular flexibility index (Phi) is 3.83. The van der Waals surface area contributed by atoms with Crippen LogP contribution in [0.3, 0.4) is 0 Å². The Balaban J connectivity index is 2.23. The van der Waals surface area contributed by atoms with E-state index in [2.05, 4.69) is 57.5 Å².